The SMILES string of the molecule is COc1ccc(Nc2cc(C3CC3)nc(N[C@@H](C)CO)n2)cc1OC. The molecule has 2 aromatic rings. The molecule has 1 aromatic heterocycles. The van der Waals surface area contributed by atoms with Crippen molar-refractivity contribution in [2.75, 3.05) is 31.5 Å². The van der Waals surface area contributed by atoms with Crippen LogP contribution in [0.25, 0.3) is 0 Å². The highest BCUT2D eigenvalue weighted by Gasteiger charge is 2.26. The molecule has 1 heterocycles. The summed E-state index contributed by atoms with van der Waals surface area (Å²) in [5.74, 6) is 3.05. The first-order chi connectivity index (χ1) is 12.1. The third-order valence-electron chi connectivity index (χ3n) is 4.05. The summed E-state index contributed by atoms with van der Waals surface area (Å²) < 4.78 is 10.6. The Labute approximate surface area is 147 Å². The lowest BCUT2D eigenvalue weighted by Crippen LogP contribution is -2.21. The van der Waals surface area contributed by atoms with E-state index < -0.39 is 0 Å². The van der Waals surface area contributed by atoms with Gasteiger partial charge in [0, 0.05) is 29.8 Å². The lowest BCUT2D eigenvalue weighted by molar-refractivity contribution is 0.281. The molecule has 0 amide bonds. The summed E-state index contributed by atoms with van der Waals surface area (Å²) in [6.07, 6.45) is 2.31. The molecule has 1 atom stereocenters. The zero-order valence-corrected chi connectivity index (χ0v) is 14.7. The maximum atomic E-state index is 9.24. The van der Waals surface area contributed by atoms with Gasteiger partial charge in [-0.2, -0.15) is 4.98 Å². The van der Waals surface area contributed by atoms with Crippen LogP contribution in [-0.4, -0.2) is 41.9 Å². The van der Waals surface area contributed by atoms with E-state index in [0.717, 1.165) is 24.2 Å². The van der Waals surface area contributed by atoms with Gasteiger partial charge in [0.25, 0.3) is 0 Å². The second kappa shape index (κ2) is 7.57. The fourth-order valence-electron chi connectivity index (χ4n) is 2.51. The summed E-state index contributed by atoms with van der Waals surface area (Å²) in [5.41, 5.74) is 1.87. The van der Waals surface area contributed by atoms with Crippen LogP contribution in [0.3, 0.4) is 0 Å². The van der Waals surface area contributed by atoms with Gasteiger partial charge < -0.3 is 25.2 Å². The molecule has 0 spiro atoms. The molecule has 0 radical (unpaired) electrons. The average molecular weight is 344 g/mol. The number of aromatic nitrogens is 2. The van der Waals surface area contributed by atoms with Crippen molar-refractivity contribution < 1.29 is 14.6 Å². The largest absolute Gasteiger partial charge is 0.493 e. The minimum Gasteiger partial charge on any atom is -0.493 e. The van der Waals surface area contributed by atoms with E-state index in [9.17, 15) is 5.11 Å². The third-order valence-corrected chi connectivity index (χ3v) is 4.05. The van der Waals surface area contributed by atoms with Gasteiger partial charge in [0.15, 0.2) is 11.5 Å². The van der Waals surface area contributed by atoms with Crippen LogP contribution >= 0.6 is 0 Å². The molecule has 134 valence electrons. The molecule has 0 aliphatic heterocycles. The number of aliphatic hydroxyl groups excluding tert-OH is 1. The zero-order valence-electron chi connectivity index (χ0n) is 14.7. The Bertz CT molecular complexity index is 734. The molecule has 25 heavy (non-hydrogen) atoms. The standard InChI is InChI=1S/C18H24N4O3/c1-11(10-23)19-18-21-14(12-4-5-12)9-17(22-18)20-13-6-7-15(24-2)16(8-13)25-3/h6-9,11-12,23H,4-5,10H2,1-3H3,(H2,19,20,21,22)/t11-/m0/s1. The van der Waals surface area contributed by atoms with Crippen LogP contribution in [0.2, 0.25) is 0 Å². The number of rotatable bonds is 8. The maximum absolute atomic E-state index is 9.24. The van der Waals surface area contributed by atoms with Crippen LogP contribution in [0, 0.1) is 0 Å². The van der Waals surface area contributed by atoms with E-state index in [1.807, 2.05) is 31.2 Å². The molecular formula is C18H24N4O3. The van der Waals surface area contributed by atoms with E-state index in [-0.39, 0.29) is 12.6 Å². The summed E-state index contributed by atoms with van der Waals surface area (Å²) in [6.45, 7) is 1.91. The number of aliphatic hydroxyl groups is 1. The van der Waals surface area contributed by atoms with E-state index in [4.69, 9.17) is 9.47 Å². The smallest absolute Gasteiger partial charge is 0.225 e. The summed E-state index contributed by atoms with van der Waals surface area (Å²) in [5, 5.41) is 15.7. The van der Waals surface area contributed by atoms with Crippen LogP contribution in [0.15, 0.2) is 24.3 Å². The number of ether oxygens (including phenoxy) is 2. The number of hydrogen-bond acceptors (Lipinski definition) is 7. The predicted octanol–water partition coefficient (Wildman–Crippen LogP) is 2.91. The molecule has 1 aliphatic carbocycles. The van der Waals surface area contributed by atoms with E-state index in [0.29, 0.717) is 29.2 Å². The van der Waals surface area contributed by atoms with E-state index >= 15 is 0 Å². The fraction of sp³-hybridized carbons (Fsp3) is 0.444. The summed E-state index contributed by atoms with van der Waals surface area (Å²) in [6, 6.07) is 7.48. The second-order valence-electron chi connectivity index (χ2n) is 6.20. The van der Waals surface area contributed by atoms with E-state index in [1.54, 1.807) is 14.2 Å². The monoisotopic (exact) mass is 344 g/mol. The fourth-order valence-corrected chi connectivity index (χ4v) is 2.51. The number of nitrogens with zero attached hydrogens (tertiary/aromatic N) is 2. The molecule has 3 rings (SSSR count). The number of methoxy groups -OCH3 is 2. The van der Waals surface area contributed by atoms with Gasteiger partial charge in [-0.3, -0.25) is 0 Å². The number of hydrogen-bond donors (Lipinski definition) is 3. The molecule has 1 saturated carbocycles. The molecule has 1 aromatic carbocycles. The van der Waals surface area contributed by atoms with Crippen molar-refractivity contribution in [2.45, 2.75) is 31.7 Å². The molecule has 0 bridgehead atoms. The molecule has 7 nitrogen and oxygen atoms in total. The first-order valence-corrected chi connectivity index (χ1v) is 8.38. The molecule has 0 unspecified atom stereocenters. The quantitative estimate of drug-likeness (QED) is 0.678. The molecule has 1 aliphatic rings. The minimum absolute atomic E-state index is 0.0233. The Morgan fingerprint density at radius 2 is 1.92 bits per heavy atom. The highest BCUT2D eigenvalue weighted by Crippen LogP contribution is 2.40. The molecular weight excluding hydrogens is 320 g/mol. The molecule has 1 fully saturated rings. The van der Waals surface area contributed by atoms with Gasteiger partial charge in [-0.15, -0.1) is 0 Å². The molecule has 7 heteroatoms. The highest BCUT2D eigenvalue weighted by atomic mass is 16.5. The van der Waals surface area contributed by atoms with Crippen molar-refractivity contribution in [1.29, 1.82) is 0 Å². The van der Waals surface area contributed by atoms with Gasteiger partial charge in [0.05, 0.1) is 26.5 Å². The predicted molar refractivity (Wildman–Crippen MR) is 97.0 cm³/mol. The lowest BCUT2D eigenvalue weighted by atomic mass is 10.2. The Morgan fingerprint density at radius 1 is 1.16 bits per heavy atom. The van der Waals surface area contributed by atoms with Crippen LogP contribution in [0.5, 0.6) is 11.5 Å². The normalized spacial score (nSPS) is 14.7. The Morgan fingerprint density at radius 3 is 2.56 bits per heavy atom. The van der Waals surface area contributed by atoms with Crippen molar-refractivity contribution >= 4 is 17.5 Å². The van der Waals surface area contributed by atoms with Gasteiger partial charge in [-0.05, 0) is 31.9 Å². The number of anilines is 3. The average Bonchev–Trinajstić information content (AvgIpc) is 3.46. The summed E-state index contributed by atoms with van der Waals surface area (Å²) in [7, 11) is 3.22. The maximum Gasteiger partial charge on any atom is 0.225 e. The topological polar surface area (TPSA) is 88.5 Å². The third kappa shape index (κ3) is 4.30. The van der Waals surface area contributed by atoms with Crippen molar-refractivity contribution in [1.82, 2.24) is 9.97 Å². The number of benzene rings is 1. The van der Waals surface area contributed by atoms with Crippen LogP contribution < -0.4 is 20.1 Å². The molecule has 0 saturated heterocycles. The van der Waals surface area contributed by atoms with Crippen LogP contribution in [0.4, 0.5) is 17.5 Å². The Balaban J connectivity index is 1.85. The second-order valence-corrected chi connectivity index (χ2v) is 6.20. The van der Waals surface area contributed by atoms with Gasteiger partial charge in [0.1, 0.15) is 5.82 Å². The van der Waals surface area contributed by atoms with Crippen molar-refractivity contribution in [2.24, 2.45) is 0 Å². The minimum atomic E-state index is -0.108. The van der Waals surface area contributed by atoms with Crippen LogP contribution in [-0.2, 0) is 0 Å². The first-order valence-electron chi connectivity index (χ1n) is 8.38. The van der Waals surface area contributed by atoms with Crippen LogP contribution in [0.1, 0.15) is 31.4 Å². The van der Waals surface area contributed by atoms with E-state index in [1.165, 1.54) is 0 Å². The van der Waals surface area contributed by atoms with Crippen molar-refractivity contribution in [3.8, 4) is 11.5 Å². The number of nitrogens with one attached hydrogen (secondary N) is 2. The first kappa shape index (κ1) is 17.3. The summed E-state index contributed by atoms with van der Waals surface area (Å²) >= 11 is 0. The van der Waals surface area contributed by atoms with Gasteiger partial charge in [0.2, 0.25) is 5.95 Å². The lowest BCUT2D eigenvalue weighted by Gasteiger charge is -2.15. The van der Waals surface area contributed by atoms with Crippen molar-refractivity contribution in [3.63, 3.8) is 0 Å². The van der Waals surface area contributed by atoms with Gasteiger partial charge in [-0.25, -0.2) is 4.98 Å². The Kier molecular flexibility index (Phi) is 5.23. The van der Waals surface area contributed by atoms with Gasteiger partial charge >= 0.3 is 0 Å². The Hall–Kier alpha value is -2.54. The molecule has 3 N–H and O–H groups in total. The van der Waals surface area contributed by atoms with Crippen molar-refractivity contribution in [3.05, 3.63) is 30.0 Å². The van der Waals surface area contributed by atoms with E-state index in [2.05, 4.69) is 20.6 Å². The summed E-state index contributed by atoms with van der Waals surface area (Å²) in [4.78, 5) is 9.08. The highest BCUT2D eigenvalue weighted by molar-refractivity contribution is 5.62. The van der Waals surface area contributed by atoms with Gasteiger partial charge in [-0.1, -0.05) is 0 Å². The zero-order chi connectivity index (χ0) is 17.8.